The molecule has 15 heavy (non-hydrogen) atoms. The van der Waals surface area contributed by atoms with Gasteiger partial charge in [0.1, 0.15) is 0 Å². The lowest BCUT2D eigenvalue weighted by atomic mass is 10.00. The number of carbonyl (C=O) groups is 2. The van der Waals surface area contributed by atoms with Crippen LogP contribution in [0.2, 0.25) is 0 Å². The number of carbonyl (C=O) groups excluding carboxylic acids is 1. The Morgan fingerprint density at radius 2 is 2.00 bits per heavy atom. The van der Waals surface area contributed by atoms with Crippen molar-refractivity contribution in [3.8, 4) is 0 Å². The molecule has 1 heterocycles. The molecule has 0 radical (unpaired) electrons. The Kier molecular flexibility index (Phi) is 3.68. The van der Waals surface area contributed by atoms with Gasteiger partial charge in [0.05, 0.1) is 12.5 Å². The van der Waals surface area contributed by atoms with E-state index in [0.29, 0.717) is 6.54 Å². The fraction of sp³-hybridized carbons (Fsp3) is 0.800. The maximum absolute atomic E-state index is 11.4. The van der Waals surface area contributed by atoms with Crippen molar-refractivity contribution in [3.63, 3.8) is 0 Å². The van der Waals surface area contributed by atoms with Gasteiger partial charge in [0.25, 0.3) is 0 Å². The second-order valence-corrected chi connectivity index (χ2v) is 4.10. The fourth-order valence-corrected chi connectivity index (χ4v) is 2.04. The molecule has 1 N–H and O–H groups in total. The van der Waals surface area contributed by atoms with Crippen LogP contribution in [-0.4, -0.2) is 59.0 Å². The summed E-state index contributed by atoms with van der Waals surface area (Å²) in [5, 5.41) is 8.81. The number of carboxylic acids is 1. The molecule has 0 aromatic heterocycles. The largest absolute Gasteiger partial charge is 0.481 e. The van der Waals surface area contributed by atoms with E-state index in [1.807, 2.05) is 14.0 Å². The average Bonchev–Trinajstić information content (AvgIpc) is 2.12. The molecule has 2 atom stereocenters. The predicted octanol–water partition coefficient (Wildman–Crippen LogP) is 0.0121. The van der Waals surface area contributed by atoms with Crippen molar-refractivity contribution in [2.24, 2.45) is 0 Å². The Labute approximate surface area is 89.7 Å². The lowest BCUT2D eigenvalue weighted by Gasteiger charge is -2.44. The van der Waals surface area contributed by atoms with Gasteiger partial charge in [0.2, 0.25) is 5.91 Å². The predicted molar refractivity (Wildman–Crippen MR) is 55.5 cm³/mol. The zero-order valence-electron chi connectivity index (χ0n) is 9.43. The Morgan fingerprint density at radius 3 is 2.47 bits per heavy atom. The smallest absolute Gasteiger partial charge is 0.305 e. The minimum absolute atomic E-state index is 0.0189. The average molecular weight is 214 g/mol. The molecule has 0 spiro atoms. The summed E-state index contributed by atoms with van der Waals surface area (Å²) in [5.74, 6) is -0.894. The van der Waals surface area contributed by atoms with Crippen LogP contribution in [0.5, 0.6) is 0 Å². The molecule has 0 bridgehead atoms. The van der Waals surface area contributed by atoms with E-state index in [9.17, 15) is 9.59 Å². The Balaban J connectivity index is 2.79. The standard InChI is InChI=1S/C10H18N2O3/c1-7-9(6-10(14)15)12(8(2)13)5-4-11(7)3/h7,9H,4-6H2,1-3H3,(H,14,15)/t7-,9+/m1/s1. The molecule has 0 aromatic carbocycles. The summed E-state index contributed by atoms with van der Waals surface area (Å²) in [4.78, 5) is 25.8. The molecule has 1 aliphatic heterocycles. The van der Waals surface area contributed by atoms with Crippen LogP contribution in [0.15, 0.2) is 0 Å². The molecule has 1 saturated heterocycles. The van der Waals surface area contributed by atoms with E-state index in [2.05, 4.69) is 4.90 Å². The zero-order valence-corrected chi connectivity index (χ0v) is 9.43. The molecular formula is C10H18N2O3. The van der Waals surface area contributed by atoms with Gasteiger partial charge < -0.3 is 10.0 Å². The van der Waals surface area contributed by atoms with Gasteiger partial charge in [-0.2, -0.15) is 0 Å². The van der Waals surface area contributed by atoms with Crippen LogP contribution >= 0.6 is 0 Å². The van der Waals surface area contributed by atoms with Crippen LogP contribution in [0.3, 0.4) is 0 Å². The third-order valence-corrected chi connectivity index (χ3v) is 3.13. The van der Waals surface area contributed by atoms with Crippen LogP contribution in [0.25, 0.3) is 0 Å². The van der Waals surface area contributed by atoms with Crippen molar-refractivity contribution in [1.82, 2.24) is 9.80 Å². The van der Waals surface area contributed by atoms with Crippen LogP contribution in [0.1, 0.15) is 20.3 Å². The van der Waals surface area contributed by atoms with Gasteiger partial charge in [0, 0.05) is 26.1 Å². The highest BCUT2D eigenvalue weighted by Gasteiger charge is 2.34. The Bertz CT molecular complexity index is 267. The third-order valence-electron chi connectivity index (χ3n) is 3.13. The van der Waals surface area contributed by atoms with Gasteiger partial charge in [-0.3, -0.25) is 14.5 Å². The molecule has 1 aliphatic rings. The SMILES string of the molecule is CC(=O)N1CCN(C)[C@H](C)[C@@H]1CC(=O)O. The second-order valence-electron chi connectivity index (χ2n) is 4.10. The number of likely N-dealkylation sites (N-methyl/N-ethyl adjacent to an activating group) is 1. The van der Waals surface area contributed by atoms with Crippen molar-refractivity contribution < 1.29 is 14.7 Å². The van der Waals surface area contributed by atoms with Gasteiger partial charge in [-0.1, -0.05) is 0 Å². The third kappa shape index (κ3) is 2.68. The Morgan fingerprint density at radius 1 is 1.40 bits per heavy atom. The number of carboxylic acid groups (broad SMARTS) is 1. The van der Waals surface area contributed by atoms with Crippen LogP contribution in [-0.2, 0) is 9.59 Å². The van der Waals surface area contributed by atoms with Crippen molar-refractivity contribution in [2.75, 3.05) is 20.1 Å². The number of piperazine rings is 1. The van der Waals surface area contributed by atoms with Crippen LogP contribution in [0, 0.1) is 0 Å². The zero-order chi connectivity index (χ0) is 11.6. The topological polar surface area (TPSA) is 60.9 Å². The number of rotatable bonds is 2. The number of amides is 1. The first kappa shape index (κ1) is 12.0. The Hall–Kier alpha value is -1.10. The van der Waals surface area contributed by atoms with E-state index in [1.165, 1.54) is 6.92 Å². The van der Waals surface area contributed by atoms with Gasteiger partial charge in [-0.15, -0.1) is 0 Å². The summed E-state index contributed by atoms with van der Waals surface area (Å²) in [7, 11) is 1.96. The lowest BCUT2D eigenvalue weighted by molar-refractivity contribution is -0.143. The molecule has 0 aromatic rings. The summed E-state index contributed by atoms with van der Waals surface area (Å²) in [6.07, 6.45) is 0.0189. The molecule has 5 nitrogen and oxygen atoms in total. The van der Waals surface area contributed by atoms with Gasteiger partial charge in [-0.25, -0.2) is 0 Å². The maximum Gasteiger partial charge on any atom is 0.305 e. The quantitative estimate of drug-likeness (QED) is 0.703. The summed E-state index contributed by atoms with van der Waals surface area (Å²) in [5.41, 5.74) is 0. The van der Waals surface area contributed by atoms with Crippen molar-refractivity contribution in [2.45, 2.75) is 32.4 Å². The van der Waals surface area contributed by atoms with Crippen LogP contribution < -0.4 is 0 Å². The van der Waals surface area contributed by atoms with Crippen molar-refractivity contribution >= 4 is 11.9 Å². The van der Waals surface area contributed by atoms with E-state index in [0.717, 1.165) is 6.54 Å². The molecule has 86 valence electrons. The highest BCUT2D eigenvalue weighted by molar-refractivity contribution is 5.75. The highest BCUT2D eigenvalue weighted by Crippen LogP contribution is 2.18. The number of nitrogens with zero attached hydrogens (tertiary/aromatic N) is 2. The molecular weight excluding hydrogens is 196 g/mol. The minimum atomic E-state index is -0.853. The minimum Gasteiger partial charge on any atom is -0.481 e. The van der Waals surface area contributed by atoms with Crippen LogP contribution in [0.4, 0.5) is 0 Å². The second kappa shape index (κ2) is 4.61. The fourth-order valence-electron chi connectivity index (χ4n) is 2.04. The number of hydrogen-bond acceptors (Lipinski definition) is 3. The summed E-state index contributed by atoms with van der Waals surface area (Å²) >= 11 is 0. The van der Waals surface area contributed by atoms with Crippen molar-refractivity contribution in [3.05, 3.63) is 0 Å². The first-order valence-corrected chi connectivity index (χ1v) is 5.12. The highest BCUT2D eigenvalue weighted by atomic mass is 16.4. The summed E-state index contributed by atoms with van der Waals surface area (Å²) < 4.78 is 0. The van der Waals surface area contributed by atoms with Crippen molar-refractivity contribution in [1.29, 1.82) is 0 Å². The molecule has 1 rings (SSSR count). The molecule has 1 amide bonds. The summed E-state index contributed by atoms with van der Waals surface area (Å²) in [6, 6.07) is -0.113. The number of hydrogen-bond donors (Lipinski definition) is 1. The normalized spacial score (nSPS) is 27.8. The first-order chi connectivity index (χ1) is 6.93. The van der Waals surface area contributed by atoms with Gasteiger partial charge >= 0.3 is 5.97 Å². The first-order valence-electron chi connectivity index (χ1n) is 5.12. The summed E-state index contributed by atoms with van der Waals surface area (Å²) in [6.45, 7) is 4.88. The van der Waals surface area contributed by atoms with E-state index in [-0.39, 0.29) is 24.4 Å². The molecule has 1 fully saturated rings. The van der Waals surface area contributed by atoms with Gasteiger partial charge in [-0.05, 0) is 14.0 Å². The monoisotopic (exact) mass is 214 g/mol. The lowest BCUT2D eigenvalue weighted by Crippen LogP contribution is -2.59. The van der Waals surface area contributed by atoms with E-state index in [4.69, 9.17) is 5.11 Å². The molecule has 0 saturated carbocycles. The maximum atomic E-state index is 11.4. The molecule has 5 heteroatoms. The molecule has 0 unspecified atom stereocenters. The molecule has 0 aliphatic carbocycles. The van der Waals surface area contributed by atoms with E-state index in [1.54, 1.807) is 4.90 Å². The van der Waals surface area contributed by atoms with E-state index >= 15 is 0 Å². The van der Waals surface area contributed by atoms with E-state index < -0.39 is 5.97 Å². The van der Waals surface area contributed by atoms with Gasteiger partial charge in [0.15, 0.2) is 0 Å². The number of aliphatic carboxylic acids is 1.